The van der Waals surface area contributed by atoms with E-state index in [1.807, 2.05) is 6.08 Å². The van der Waals surface area contributed by atoms with E-state index in [4.69, 9.17) is 0 Å². The highest BCUT2D eigenvalue weighted by atomic mass is 32.2. The van der Waals surface area contributed by atoms with Crippen molar-refractivity contribution in [2.45, 2.75) is 11.3 Å². The van der Waals surface area contributed by atoms with Gasteiger partial charge in [0.15, 0.2) is 0 Å². The minimum absolute atomic E-state index is 0.0452. The van der Waals surface area contributed by atoms with E-state index in [2.05, 4.69) is 0 Å². The molecule has 1 aliphatic rings. The predicted molar refractivity (Wildman–Crippen MR) is 84.2 cm³/mol. The van der Waals surface area contributed by atoms with Crippen LogP contribution in [0.4, 0.5) is 8.78 Å². The van der Waals surface area contributed by atoms with Crippen LogP contribution in [0.2, 0.25) is 0 Å². The summed E-state index contributed by atoms with van der Waals surface area (Å²) in [6, 6.07) is 11.1. The van der Waals surface area contributed by atoms with Crippen LogP contribution in [0.15, 0.2) is 59.5 Å². The Morgan fingerprint density at radius 2 is 1.70 bits per heavy atom. The number of hydrogen-bond acceptors (Lipinski definition) is 2. The highest BCUT2D eigenvalue weighted by molar-refractivity contribution is 7.89. The maximum Gasteiger partial charge on any atom is 0.243 e. The highest BCUT2D eigenvalue weighted by Gasteiger charge is 2.26. The van der Waals surface area contributed by atoms with Gasteiger partial charge in [0.2, 0.25) is 10.0 Å². The molecular weight excluding hydrogens is 320 g/mol. The summed E-state index contributed by atoms with van der Waals surface area (Å²) < 4.78 is 52.5. The summed E-state index contributed by atoms with van der Waals surface area (Å²) in [5.74, 6) is -0.883. The number of halogens is 2. The summed E-state index contributed by atoms with van der Waals surface area (Å²) >= 11 is 0. The molecule has 1 aliphatic heterocycles. The van der Waals surface area contributed by atoms with Crippen molar-refractivity contribution in [3.05, 3.63) is 71.8 Å². The van der Waals surface area contributed by atoms with Crippen molar-refractivity contribution in [1.82, 2.24) is 4.31 Å². The molecule has 6 heteroatoms. The van der Waals surface area contributed by atoms with Crippen molar-refractivity contribution >= 4 is 15.6 Å². The SMILES string of the molecule is O=S(=O)(c1cccc(F)c1)N1CC=C(c2ccc(F)cc2)CC1. The summed E-state index contributed by atoms with van der Waals surface area (Å²) in [4.78, 5) is -0.0452. The van der Waals surface area contributed by atoms with E-state index in [0.717, 1.165) is 17.2 Å². The number of hydrogen-bond donors (Lipinski definition) is 0. The minimum Gasteiger partial charge on any atom is -0.207 e. The first-order valence-corrected chi connectivity index (χ1v) is 8.61. The summed E-state index contributed by atoms with van der Waals surface area (Å²) in [6.45, 7) is 0.521. The third-order valence-electron chi connectivity index (χ3n) is 3.82. The van der Waals surface area contributed by atoms with Crippen LogP contribution >= 0.6 is 0 Å². The summed E-state index contributed by atoms with van der Waals surface area (Å²) in [5, 5.41) is 0. The van der Waals surface area contributed by atoms with Gasteiger partial charge in [-0.2, -0.15) is 4.31 Å². The molecule has 0 bridgehead atoms. The van der Waals surface area contributed by atoms with Crippen molar-refractivity contribution in [2.75, 3.05) is 13.1 Å². The number of benzene rings is 2. The Morgan fingerprint density at radius 3 is 2.30 bits per heavy atom. The van der Waals surface area contributed by atoms with Gasteiger partial charge < -0.3 is 0 Å². The van der Waals surface area contributed by atoms with Crippen LogP contribution in [0.3, 0.4) is 0 Å². The van der Waals surface area contributed by atoms with E-state index in [9.17, 15) is 17.2 Å². The monoisotopic (exact) mass is 335 g/mol. The summed E-state index contributed by atoms with van der Waals surface area (Å²) in [7, 11) is -3.71. The molecule has 0 radical (unpaired) electrons. The molecule has 3 nitrogen and oxygen atoms in total. The molecule has 0 aromatic heterocycles. The Hall–Kier alpha value is -2.05. The van der Waals surface area contributed by atoms with E-state index in [0.29, 0.717) is 13.0 Å². The average Bonchev–Trinajstić information content (AvgIpc) is 2.56. The van der Waals surface area contributed by atoms with Crippen LogP contribution < -0.4 is 0 Å². The van der Waals surface area contributed by atoms with Gasteiger partial charge in [-0.15, -0.1) is 0 Å². The molecule has 120 valence electrons. The predicted octanol–water partition coefficient (Wildman–Crippen LogP) is 3.44. The number of rotatable bonds is 3. The van der Waals surface area contributed by atoms with Gasteiger partial charge in [0, 0.05) is 13.1 Å². The fraction of sp³-hybridized carbons (Fsp3) is 0.176. The standard InChI is InChI=1S/C17H15F2NO2S/c18-15-6-4-13(5-7-15)14-8-10-20(11-9-14)23(21,22)17-3-1-2-16(19)12-17/h1-8,12H,9-11H2. The second-order valence-corrected chi connectivity index (χ2v) is 7.24. The molecule has 3 rings (SSSR count). The molecule has 2 aromatic rings. The highest BCUT2D eigenvalue weighted by Crippen LogP contribution is 2.26. The molecule has 1 heterocycles. The Kier molecular flexibility index (Phi) is 4.28. The van der Waals surface area contributed by atoms with E-state index in [1.54, 1.807) is 12.1 Å². The second kappa shape index (κ2) is 6.22. The number of sulfonamides is 1. The quantitative estimate of drug-likeness (QED) is 0.862. The van der Waals surface area contributed by atoms with Crippen LogP contribution in [-0.4, -0.2) is 25.8 Å². The van der Waals surface area contributed by atoms with Crippen molar-refractivity contribution < 1.29 is 17.2 Å². The van der Waals surface area contributed by atoms with E-state index in [-0.39, 0.29) is 17.3 Å². The van der Waals surface area contributed by atoms with Gasteiger partial charge in [-0.05, 0) is 47.9 Å². The second-order valence-electron chi connectivity index (χ2n) is 5.31. The molecule has 0 fully saturated rings. The lowest BCUT2D eigenvalue weighted by Crippen LogP contribution is -2.34. The van der Waals surface area contributed by atoms with Gasteiger partial charge in [-0.25, -0.2) is 17.2 Å². The van der Waals surface area contributed by atoms with Gasteiger partial charge in [-0.3, -0.25) is 0 Å². The molecule has 0 saturated heterocycles. The third-order valence-corrected chi connectivity index (χ3v) is 5.68. The van der Waals surface area contributed by atoms with E-state index >= 15 is 0 Å². The van der Waals surface area contributed by atoms with Crippen molar-refractivity contribution in [2.24, 2.45) is 0 Å². The fourth-order valence-electron chi connectivity index (χ4n) is 2.57. The van der Waals surface area contributed by atoms with Crippen molar-refractivity contribution in [1.29, 1.82) is 0 Å². The average molecular weight is 335 g/mol. The molecule has 0 aliphatic carbocycles. The molecule has 23 heavy (non-hydrogen) atoms. The van der Waals surface area contributed by atoms with Crippen LogP contribution in [-0.2, 0) is 10.0 Å². The zero-order valence-corrected chi connectivity index (χ0v) is 13.1. The van der Waals surface area contributed by atoms with Crippen molar-refractivity contribution in [3.63, 3.8) is 0 Å². The number of nitrogens with zero attached hydrogens (tertiary/aromatic N) is 1. The Bertz CT molecular complexity index is 845. The third kappa shape index (κ3) is 3.33. The van der Waals surface area contributed by atoms with E-state index < -0.39 is 15.8 Å². The lowest BCUT2D eigenvalue weighted by Gasteiger charge is -2.26. The van der Waals surface area contributed by atoms with Crippen molar-refractivity contribution in [3.8, 4) is 0 Å². The maximum absolute atomic E-state index is 13.3. The van der Waals surface area contributed by atoms with Gasteiger partial charge >= 0.3 is 0 Å². The Morgan fingerprint density at radius 1 is 0.957 bits per heavy atom. The first-order valence-electron chi connectivity index (χ1n) is 7.17. The normalized spacial score (nSPS) is 16.2. The van der Waals surface area contributed by atoms with Gasteiger partial charge in [0.25, 0.3) is 0 Å². The first-order chi connectivity index (χ1) is 11.0. The summed E-state index contributed by atoms with van der Waals surface area (Å²) in [5.41, 5.74) is 1.87. The van der Waals surface area contributed by atoms with Crippen LogP contribution in [0.1, 0.15) is 12.0 Å². The Labute approximate surface area is 133 Å². The lowest BCUT2D eigenvalue weighted by molar-refractivity contribution is 0.440. The summed E-state index contributed by atoms with van der Waals surface area (Å²) in [6.07, 6.45) is 2.34. The van der Waals surface area contributed by atoms with E-state index in [1.165, 1.54) is 34.6 Å². The van der Waals surface area contributed by atoms with Gasteiger partial charge in [0.05, 0.1) is 4.90 Å². The minimum atomic E-state index is -3.71. The Balaban J connectivity index is 1.81. The smallest absolute Gasteiger partial charge is 0.207 e. The molecule has 0 atom stereocenters. The molecule has 0 spiro atoms. The first kappa shape index (κ1) is 15.8. The van der Waals surface area contributed by atoms with Crippen LogP contribution in [0.5, 0.6) is 0 Å². The topological polar surface area (TPSA) is 37.4 Å². The van der Waals surface area contributed by atoms with Gasteiger partial charge in [-0.1, -0.05) is 24.3 Å². The zero-order valence-electron chi connectivity index (χ0n) is 12.2. The molecular formula is C17H15F2NO2S. The fourth-order valence-corrected chi connectivity index (χ4v) is 3.98. The largest absolute Gasteiger partial charge is 0.243 e. The van der Waals surface area contributed by atoms with Crippen LogP contribution in [0.25, 0.3) is 5.57 Å². The molecule has 2 aromatic carbocycles. The molecule has 0 unspecified atom stereocenters. The molecule has 0 amide bonds. The van der Waals surface area contributed by atoms with Gasteiger partial charge in [0.1, 0.15) is 11.6 Å². The maximum atomic E-state index is 13.3. The zero-order chi connectivity index (χ0) is 16.4. The molecule has 0 saturated carbocycles. The lowest BCUT2D eigenvalue weighted by atomic mass is 10.0. The van der Waals surface area contributed by atoms with Crippen LogP contribution in [0, 0.1) is 11.6 Å². The molecule has 0 N–H and O–H groups in total.